The summed E-state index contributed by atoms with van der Waals surface area (Å²) in [5, 5.41) is 4.15. The molecule has 24 heavy (non-hydrogen) atoms. The Morgan fingerprint density at radius 1 is 1.29 bits per heavy atom. The van der Waals surface area contributed by atoms with E-state index < -0.39 is 11.6 Å². The van der Waals surface area contributed by atoms with Crippen LogP contribution in [0.3, 0.4) is 0 Å². The van der Waals surface area contributed by atoms with E-state index >= 15 is 0 Å². The SMILES string of the molecule is O=C([C@@H]1C[C@H]1c1cccc(F)c1F)N1CCC[C@H](n2cncn2)C1. The largest absolute Gasteiger partial charge is 0.340 e. The minimum absolute atomic E-state index is 0.0356. The number of piperidine rings is 1. The van der Waals surface area contributed by atoms with E-state index in [9.17, 15) is 13.6 Å². The first-order chi connectivity index (χ1) is 11.6. The third-order valence-electron chi connectivity index (χ3n) is 5.01. The Bertz CT molecular complexity index is 749. The molecule has 1 saturated heterocycles. The van der Waals surface area contributed by atoms with E-state index in [1.54, 1.807) is 17.1 Å². The van der Waals surface area contributed by atoms with Crippen molar-refractivity contribution in [1.29, 1.82) is 0 Å². The van der Waals surface area contributed by atoms with Crippen LogP contribution in [0.5, 0.6) is 0 Å². The van der Waals surface area contributed by atoms with Crippen molar-refractivity contribution < 1.29 is 13.6 Å². The molecular weight excluding hydrogens is 314 g/mol. The Morgan fingerprint density at radius 3 is 2.96 bits per heavy atom. The summed E-state index contributed by atoms with van der Waals surface area (Å²) in [6.07, 6.45) is 5.61. The average Bonchev–Trinajstić information content (AvgIpc) is 3.19. The highest BCUT2D eigenvalue weighted by molar-refractivity contribution is 5.83. The van der Waals surface area contributed by atoms with Gasteiger partial charge in [0.2, 0.25) is 5.91 Å². The van der Waals surface area contributed by atoms with Gasteiger partial charge in [0.05, 0.1) is 6.04 Å². The molecule has 1 aliphatic carbocycles. The molecular formula is C17H18F2N4O. The Morgan fingerprint density at radius 2 is 2.17 bits per heavy atom. The van der Waals surface area contributed by atoms with Crippen molar-refractivity contribution in [2.75, 3.05) is 13.1 Å². The van der Waals surface area contributed by atoms with Gasteiger partial charge in [-0.25, -0.2) is 18.4 Å². The molecule has 1 aromatic carbocycles. The topological polar surface area (TPSA) is 51.0 Å². The van der Waals surface area contributed by atoms with Crippen molar-refractivity contribution in [3.8, 4) is 0 Å². The number of hydrogen-bond donors (Lipinski definition) is 0. The van der Waals surface area contributed by atoms with Crippen LogP contribution in [0, 0.1) is 17.6 Å². The van der Waals surface area contributed by atoms with E-state index in [2.05, 4.69) is 10.1 Å². The number of nitrogens with zero attached hydrogens (tertiary/aromatic N) is 4. The van der Waals surface area contributed by atoms with E-state index in [4.69, 9.17) is 0 Å². The van der Waals surface area contributed by atoms with Crippen molar-refractivity contribution >= 4 is 5.91 Å². The summed E-state index contributed by atoms with van der Waals surface area (Å²) in [4.78, 5) is 18.5. The van der Waals surface area contributed by atoms with Gasteiger partial charge < -0.3 is 4.90 Å². The zero-order valence-electron chi connectivity index (χ0n) is 13.1. The molecule has 2 fully saturated rings. The van der Waals surface area contributed by atoms with Gasteiger partial charge in [-0.3, -0.25) is 4.79 Å². The second-order valence-corrected chi connectivity index (χ2v) is 6.55. The first-order valence-corrected chi connectivity index (χ1v) is 8.22. The number of benzene rings is 1. The average molecular weight is 332 g/mol. The molecule has 3 atom stereocenters. The maximum atomic E-state index is 13.9. The molecule has 1 saturated carbocycles. The zero-order valence-corrected chi connectivity index (χ0v) is 13.1. The van der Waals surface area contributed by atoms with E-state index in [0.717, 1.165) is 18.9 Å². The second-order valence-electron chi connectivity index (χ2n) is 6.55. The van der Waals surface area contributed by atoms with Crippen LogP contribution in [0.1, 0.15) is 36.8 Å². The van der Waals surface area contributed by atoms with Crippen LogP contribution in [0.2, 0.25) is 0 Å². The van der Waals surface area contributed by atoms with Crippen LogP contribution in [0.4, 0.5) is 8.78 Å². The molecule has 0 spiro atoms. The van der Waals surface area contributed by atoms with Gasteiger partial charge in [0.15, 0.2) is 11.6 Å². The Kier molecular flexibility index (Phi) is 3.78. The van der Waals surface area contributed by atoms with Crippen LogP contribution in [-0.4, -0.2) is 38.7 Å². The first kappa shape index (κ1) is 15.2. The zero-order chi connectivity index (χ0) is 16.7. The summed E-state index contributed by atoms with van der Waals surface area (Å²) in [7, 11) is 0. The van der Waals surface area contributed by atoms with Crippen LogP contribution in [-0.2, 0) is 4.79 Å². The summed E-state index contributed by atoms with van der Waals surface area (Å²) in [6, 6.07) is 4.30. The highest BCUT2D eigenvalue weighted by Crippen LogP contribution is 2.49. The summed E-state index contributed by atoms with van der Waals surface area (Å²) in [6.45, 7) is 1.30. The number of rotatable bonds is 3. The van der Waals surface area contributed by atoms with Gasteiger partial charge in [0, 0.05) is 19.0 Å². The molecule has 0 N–H and O–H groups in total. The minimum Gasteiger partial charge on any atom is -0.340 e. The number of likely N-dealkylation sites (tertiary alicyclic amines) is 1. The van der Waals surface area contributed by atoms with Gasteiger partial charge in [-0.05, 0) is 36.8 Å². The van der Waals surface area contributed by atoms with Gasteiger partial charge >= 0.3 is 0 Å². The summed E-state index contributed by atoms with van der Waals surface area (Å²) in [5.74, 6) is -2.09. The summed E-state index contributed by atoms with van der Waals surface area (Å²) in [5.41, 5.74) is 0.318. The van der Waals surface area contributed by atoms with Crippen LogP contribution >= 0.6 is 0 Å². The predicted molar refractivity (Wildman–Crippen MR) is 82.1 cm³/mol. The highest BCUT2D eigenvalue weighted by Gasteiger charge is 2.47. The normalized spacial score (nSPS) is 26.4. The molecule has 126 valence electrons. The predicted octanol–water partition coefficient (Wildman–Crippen LogP) is 2.52. The maximum Gasteiger partial charge on any atom is 0.226 e. The lowest BCUT2D eigenvalue weighted by Gasteiger charge is -2.32. The molecule has 7 heteroatoms. The molecule has 1 amide bonds. The van der Waals surface area contributed by atoms with Crippen LogP contribution < -0.4 is 0 Å². The van der Waals surface area contributed by atoms with Crippen LogP contribution in [0.15, 0.2) is 30.9 Å². The molecule has 1 aliphatic heterocycles. The third kappa shape index (κ3) is 2.68. The number of hydrogen-bond acceptors (Lipinski definition) is 3. The van der Waals surface area contributed by atoms with Crippen molar-refractivity contribution in [2.24, 2.45) is 5.92 Å². The molecule has 0 bridgehead atoms. The molecule has 4 rings (SSSR count). The van der Waals surface area contributed by atoms with Crippen LogP contribution in [0.25, 0.3) is 0 Å². The molecule has 5 nitrogen and oxygen atoms in total. The molecule has 2 aliphatic rings. The fourth-order valence-electron chi connectivity index (χ4n) is 3.63. The number of carbonyl (C=O) groups excluding carboxylic acids is 1. The smallest absolute Gasteiger partial charge is 0.226 e. The van der Waals surface area contributed by atoms with Gasteiger partial charge in [0.1, 0.15) is 12.7 Å². The molecule has 0 unspecified atom stereocenters. The Balaban J connectivity index is 1.44. The van der Waals surface area contributed by atoms with Crippen molar-refractivity contribution in [3.05, 3.63) is 48.1 Å². The van der Waals surface area contributed by atoms with Gasteiger partial charge in [-0.1, -0.05) is 12.1 Å². The van der Waals surface area contributed by atoms with Gasteiger partial charge in [-0.15, -0.1) is 0 Å². The van der Waals surface area contributed by atoms with Crippen molar-refractivity contribution in [2.45, 2.75) is 31.2 Å². The standard InChI is InChI=1S/C17H18F2N4O/c18-15-5-1-4-12(16(15)19)13-7-14(13)17(24)22-6-2-3-11(8-22)23-10-20-9-21-23/h1,4-5,9-11,13-14H,2-3,6-8H2/t11-,13-,14+/m0/s1. The number of aromatic nitrogens is 3. The number of amides is 1. The van der Waals surface area contributed by atoms with E-state index in [-0.39, 0.29) is 23.8 Å². The van der Waals surface area contributed by atoms with Gasteiger partial charge in [-0.2, -0.15) is 5.10 Å². The monoisotopic (exact) mass is 332 g/mol. The fourth-order valence-corrected chi connectivity index (χ4v) is 3.63. The lowest BCUT2D eigenvalue weighted by atomic mass is 10.0. The number of halogens is 2. The molecule has 2 heterocycles. The van der Waals surface area contributed by atoms with E-state index in [0.29, 0.717) is 25.1 Å². The van der Waals surface area contributed by atoms with Gasteiger partial charge in [0.25, 0.3) is 0 Å². The fraction of sp³-hybridized carbons (Fsp3) is 0.471. The highest BCUT2D eigenvalue weighted by atomic mass is 19.2. The lowest BCUT2D eigenvalue weighted by molar-refractivity contribution is -0.134. The molecule has 2 aromatic rings. The summed E-state index contributed by atoms with van der Waals surface area (Å²) < 4.78 is 29.1. The number of carbonyl (C=O) groups is 1. The third-order valence-corrected chi connectivity index (χ3v) is 5.01. The summed E-state index contributed by atoms with van der Waals surface area (Å²) >= 11 is 0. The van der Waals surface area contributed by atoms with Crippen molar-refractivity contribution in [3.63, 3.8) is 0 Å². The minimum atomic E-state index is -0.852. The molecule has 1 aromatic heterocycles. The second kappa shape index (κ2) is 5.96. The first-order valence-electron chi connectivity index (χ1n) is 8.22. The van der Waals surface area contributed by atoms with E-state index in [1.807, 2.05) is 4.90 Å². The van der Waals surface area contributed by atoms with Crippen molar-refractivity contribution in [1.82, 2.24) is 19.7 Å². The lowest BCUT2D eigenvalue weighted by Crippen LogP contribution is -2.41. The van der Waals surface area contributed by atoms with E-state index in [1.165, 1.54) is 12.4 Å². The maximum absolute atomic E-state index is 13.9. The molecule has 0 radical (unpaired) electrons. The quantitative estimate of drug-likeness (QED) is 0.868. The Labute approximate surface area is 138 Å². The Hall–Kier alpha value is -2.31.